The van der Waals surface area contributed by atoms with Gasteiger partial charge in [0.15, 0.2) is 0 Å². The van der Waals surface area contributed by atoms with Gasteiger partial charge in [-0.25, -0.2) is 0 Å². The summed E-state index contributed by atoms with van der Waals surface area (Å²) in [5.74, 6) is 1.24. The standard InChI is InChI=1S/C23H27N3O/c1-18-8-6-7-15-25(18)23(27)20-11-12-21-13-14-22(26(21)17-20)24(2)16-19-9-4-3-5-10-19/h3-5,9-14,17-18H,6-8,15-16H2,1-2H3. The van der Waals surface area contributed by atoms with Crippen LogP contribution in [-0.4, -0.2) is 34.8 Å². The summed E-state index contributed by atoms with van der Waals surface area (Å²) in [4.78, 5) is 17.3. The van der Waals surface area contributed by atoms with Crippen LogP contribution in [-0.2, 0) is 6.54 Å². The van der Waals surface area contributed by atoms with E-state index in [1.165, 1.54) is 12.0 Å². The molecule has 0 saturated carbocycles. The van der Waals surface area contributed by atoms with Crippen molar-refractivity contribution in [1.82, 2.24) is 9.30 Å². The molecule has 1 aliphatic rings. The minimum Gasteiger partial charge on any atom is -0.356 e. The van der Waals surface area contributed by atoms with E-state index in [2.05, 4.69) is 59.7 Å². The molecule has 0 radical (unpaired) electrons. The number of rotatable bonds is 4. The largest absolute Gasteiger partial charge is 0.356 e. The Labute approximate surface area is 161 Å². The number of amides is 1. The highest BCUT2D eigenvalue weighted by Crippen LogP contribution is 2.23. The molecule has 0 spiro atoms. The predicted octanol–water partition coefficient (Wildman–Crippen LogP) is 4.59. The maximum Gasteiger partial charge on any atom is 0.255 e. The summed E-state index contributed by atoms with van der Waals surface area (Å²) in [7, 11) is 2.09. The van der Waals surface area contributed by atoms with Gasteiger partial charge in [-0.2, -0.15) is 0 Å². The zero-order chi connectivity index (χ0) is 18.8. The summed E-state index contributed by atoms with van der Waals surface area (Å²) in [5, 5.41) is 0. The van der Waals surface area contributed by atoms with E-state index in [4.69, 9.17) is 0 Å². The van der Waals surface area contributed by atoms with E-state index < -0.39 is 0 Å². The van der Waals surface area contributed by atoms with Gasteiger partial charge in [-0.15, -0.1) is 0 Å². The number of carbonyl (C=O) groups is 1. The van der Waals surface area contributed by atoms with E-state index >= 15 is 0 Å². The fourth-order valence-electron chi connectivity index (χ4n) is 4.03. The summed E-state index contributed by atoms with van der Waals surface area (Å²) in [6, 6.07) is 19.0. The van der Waals surface area contributed by atoms with Crippen molar-refractivity contribution >= 4 is 17.2 Å². The molecule has 1 unspecified atom stereocenters. The van der Waals surface area contributed by atoms with Gasteiger partial charge in [-0.05, 0) is 56.0 Å². The number of carbonyl (C=O) groups excluding carboxylic acids is 1. The van der Waals surface area contributed by atoms with Gasteiger partial charge in [-0.3, -0.25) is 4.79 Å². The van der Waals surface area contributed by atoms with Crippen molar-refractivity contribution in [3.05, 3.63) is 71.9 Å². The van der Waals surface area contributed by atoms with Crippen LogP contribution >= 0.6 is 0 Å². The molecule has 3 heterocycles. The lowest BCUT2D eigenvalue weighted by molar-refractivity contribution is 0.0635. The number of hydrogen-bond acceptors (Lipinski definition) is 2. The summed E-state index contributed by atoms with van der Waals surface area (Å²) < 4.78 is 2.13. The molecule has 4 heteroatoms. The Hall–Kier alpha value is -2.75. The lowest BCUT2D eigenvalue weighted by atomic mass is 10.0. The van der Waals surface area contributed by atoms with Gasteiger partial charge in [0, 0.05) is 37.9 Å². The van der Waals surface area contributed by atoms with Crippen LogP contribution in [0.25, 0.3) is 5.52 Å². The Morgan fingerprint density at radius 3 is 2.63 bits per heavy atom. The van der Waals surface area contributed by atoms with E-state index in [9.17, 15) is 4.79 Å². The van der Waals surface area contributed by atoms with Crippen LogP contribution in [0.3, 0.4) is 0 Å². The van der Waals surface area contributed by atoms with Crippen LogP contribution < -0.4 is 4.90 Å². The Morgan fingerprint density at radius 1 is 1.07 bits per heavy atom. The second kappa shape index (κ2) is 7.47. The lowest BCUT2D eigenvalue weighted by Gasteiger charge is -2.33. The molecule has 4 rings (SSSR count). The molecule has 1 aliphatic heterocycles. The molecule has 1 saturated heterocycles. The summed E-state index contributed by atoms with van der Waals surface area (Å²) in [6.45, 7) is 3.85. The molecule has 1 fully saturated rings. The van der Waals surface area contributed by atoms with Crippen LogP contribution in [0.15, 0.2) is 60.8 Å². The summed E-state index contributed by atoms with van der Waals surface area (Å²) in [5.41, 5.74) is 3.14. The van der Waals surface area contributed by atoms with Crippen molar-refractivity contribution in [3.8, 4) is 0 Å². The minimum absolute atomic E-state index is 0.148. The van der Waals surface area contributed by atoms with Crippen LogP contribution in [0, 0.1) is 0 Å². The Morgan fingerprint density at radius 2 is 1.85 bits per heavy atom. The van der Waals surface area contributed by atoms with Gasteiger partial charge in [0.05, 0.1) is 5.56 Å². The minimum atomic E-state index is 0.148. The third-order valence-electron chi connectivity index (χ3n) is 5.59. The fourth-order valence-corrected chi connectivity index (χ4v) is 4.03. The molecule has 0 aliphatic carbocycles. The maximum absolute atomic E-state index is 13.0. The molecule has 1 atom stereocenters. The van der Waals surface area contributed by atoms with Gasteiger partial charge in [0.1, 0.15) is 5.82 Å². The van der Waals surface area contributed by atoms with E-state index in [0.717, 1.165) is 42.8 Å². The first-order valence-electron chi connectivity index (χ1n) is 9.80. The van der Waals surface area contributed by atoms with Gasteiger partial charge < -0.3 is 14.2 Å². The molecular formula is C23H27N3O. The second-order valence-electron chi connectivity index (χ2n) is 7.59. The first-order valence-corrected chi connectivity index (χ1v) is 9.80. The first kappa shape index (κ1) is 17.7. The Bertz CT molecular complexity index is 931. The number of benzene rings is 1. The van der Waals surface area contributed by atoms with Gasteiger partial charge in [-0.1, -0.05) is 30.3 Å². The third kappa shape index (κ3) is 3.57. The highest BCUT2D eigenvalue weighted by Gasteiger charge is 2.24. The van der Waals surface area contributed by atoms with Crippen molar-refractivity contribution in [2.45, 2.75) is 38.8 Å². The van der Waals surface area contributed by atoms with Crippen molar-refractivity contribution in [2.24, 2.45) is 0 Å². The zero-order valence-corrected chi connectivity index (χ0v) is 16.1. The van der Waals surface area contributed by atoms with Gasteiger partial charge >= 0.3 is 0 Å². The number of anilines is 1. The second-order valence-corrected chi connectivity index (χ2v) is 7.59. The van der Waals surface area contributed by atoms with Gasteiger partial charge in [0.25, 0.3) is 5.91 Å². The summed E-state index contributed by atoms with van der Waals surface area (Å²) >= 11 is 0. The van der Waals surface area contributed by atoms with Crippen molar-refractivity contribution in [1.29, 1.82) is 0 Å². The molecule has 140 valence electrons. The highest BCUT2D eigenvalue weighted by atomic mass is 16.2. The van der Waals surface area contributed by atoms with E-state index in [-0.39, 0.29) is 5.91 Å². The van der Waals surface area contributed by atoms with Gasteiger partial charge in [0.2, 0.25) is 0 Å². The highest BCUT2D eigenvalue weighted by molar-refractivity contribution is 5.94. The smallest absolute Gasteiger partial charge is 0.255 e. The topological polar surface area (TPSA) is 28.0 Å². The van der Waals surface area contributed by atoms with E-state index in [1.807, 2.05) is 29.3 Å². The molecule has 2 aromatic heterocycles. The monoisotopic (exact) mass is 361 g/mol. The Balaban J connectivity index is 1.62. The molecule has 4 nitrogen and oxygen atoms in total. The molecule has 1 aromatic carbocycles. The first-order chi connectivity index (χ1) is 13.1. The van der Waals surface area contributed by atoms with Crippen LogP contribution in [0.1, 0.15) is 42.1 Å². The average molecular weight is 361 g/mol. The SMILES string of the molecule is CC1CCCCN1C(=O)c1ccc2ccc(N(C)Cc3ccccc3)n2c1. The number of likely N-dealkylation sites (tertiary alicyclic amines) is 1. The number of nitrogens with zero attached hydrogens (tertiary/aromatic N) is 3. The maximum atomic E-state index is 13.0. The van der Waals surface area contributed by atoms with Crippen molar-refractivity contribution < 1.29 is 4.79 Å². The number of pyridine rings is 1. The number of piperidine rings is 1. The molecule has 3 aromatic rings. The van der Waals surface area contributed by atoms with Crippen molar-refractivity contribution in [2.75, 3.05) is 18.5 Å². The van der Waals surface area contributed by atoms with E-state index in [0.29, 0.717) is 6.04 Å². The van der Waals surface area contributed by atoms with Crippen LogP contribution in [0.4, 0.5) is 5.82 Å². The number of aromatic nitrogens is 1. The molecule has 1 amide bonds. The number of hydrogen-bond donors (Lipinski definition) is 0. The summed E-state index contributed by atoms with van der Waals surface area (Å²) in [6.07, 6.45) is 5.42. The lowest BCUT2D eigenvalue weighted by Crippen LogP contribution is -2.42. The molecule has 0 N–H and O–H groups in total. The quantitative estimate of drug-likeness (QED) is 0.680. The number of fused-ring (bicyclic) bond motifs is 1. The Kier molecular flexibility index (Phi) is 4.88. The molecule has 0 bridgehead atoms. The van der Waals surface area contributed by atoms with E-state index in [1.54, 1.807) is 0 Å². The third-order valence-corrected chi connectivity index (χ3v) is 5.59. The molecule has 27 heavy (non-hydrogen) atoms. The normalized spacial score (nSPS) is 17.3. The van der Waals surface area contributed by atoms with Crippen LogP contribution in [0.2, 0.25) is 0 Å². The molecular weight excluding hydrogens is 334 g/mol. The average Bonchev–Trinajstić information content (AvgIpc) is 3.12. The van der Waals surface area contributed by atoms with Crippen LogP contribution in [0.5, 0.6) is 0 Å². The zero-order valence-electron chi connectivity index (χ0n) is 16.1. The van der Waals surface area contributed by atoms with Crippen molar-refractivity contribution in [3.63, 3.8) is 0 Å². The predicted molar refractivity (Wildman–Crippen MR) is 110 cm³/mol. The fraction of sp³-hybridized carbons (Fsp3) is 0.348.